The minimum absolute atomic E-state index is 0.0736. The van der Waals surface area contributed by atoms with Gasteiger partial charge in [0.25, 0.3) is 0 Å². The molecule has 162 valence electrons. The summed E-state index contributed by atoms with van der Waals surface area (Å²) in [6.45, 7) is 9.21. The number of carbonyl (C=O) groups is 2. The Morgan fingerprint density at radius 2 is 1.43 bits per heavy atom. The van der Waals surface area contributed by atoms with Crippen molar-refractivity contribution in [3.05, 3.63) is 25.3 Å². The van der Waals surface area contributed by atoms with Crippen LogP contribution in [0.3, 0.4) is 0 Å². The molecule has 0 saturated heterocycles. The maximum atomic E-state index is 11.2. The Bertz CT molecular complexity index is 418. The van der Waals surface area contributed by atoms with Crippen LogP contribution in [-0.4, -0.2) is 23.7 Å². The van der Waals surface area contributed by atoms with E-state index in [1.807, 2.05) is 0 Å². The summed E-state index contributed by atoms with van der Waals surface area (Å²) in [6, 6.07) is 0. The topological polar surface area (TPSA) is 63.6 Å². The van der Waals surface area contributed by atoms with Gasteiger partial charge >= 0.3 is 11.9 Å². The van der Waals surface area contributed by atoms with Gasteiger partial charge in [-0.1, -0.05) is 89.9 Å². The largest absolute Gasteiger partial charge is 0.481 e. The molecule has 0 aliphatic heterocycles. The predicted molar refractivity (Wildman–Crippen MR) is 116 cm³/mol. The summed E-state index contributed by atoms with van der Waals surface area (Å²) >= 11 is 0. The third kappa shape index (κ3) is 16.6. The van der Waals surface area contributed by atoms with E-state index in [0.717, 1.165) is 18.3 Å². The first-order valence-electron chi connectivity index (χ1n) is 11.1. The van der Waals surface area contributed by atoms with Crippen molar-refractivity contribution in [3.63, 3.8) is 0 Å². The van der Waals surface area contributed by atoms with Crippen molar-refractivity contribution in [2.24, 2.45) is 11.8 Å². The summed E-state index contributed by atoms with van der Waals surface area (Å²) in [4.78, 5) is 20.5. The molecule has 4 nitrogen and oxygen atoms in total. The van der Waals surface area contributed by atoms with Crippen molar-refractivity contribution in [1.29, 1.82) is 0 Å². The summed E-state index contributed by atoms with van der Waals surface area (Å²) in [5.74, 6) is 0.928. The molecule has 2 aliphatic rings. The van der Waals surface area contributed by atoms with Crippen LogP contribution in [-0.2, 0) is 14.3 Å². The minimum atomic E-state index is -0.745. The summed E-state index contributed by atoms with van der Waals surface area (Å²) in [5, 5.41) is 7.72. The molecule has 2 fully saturated rings. The molecular weight excluding hydrogens is 352 g/mol. The van der Waals surface area contributed by atoms with Gasteiger partial charge in [-0.05, 0) is 24.7 Å². The fraction of sp³-hybridized carbons (Fsp3) is 0.750. The first-order valence-corrected chi connectivity index (χ1v) is 11.1. The molecule has 28 heavy (non-hydrogen) atoms. The Morgan fingerprint density at radius 1 is 0.929 bits per heavy atom. The molecule has 0 aromatic carbocycles. The maximum absolute atomic E-state index is 11.2. The van der Waals surface area contributed by atoms with Gasteiger partial charge in [-0.3, -0.25) is 9.59 Å². The highest BCUT2D eigenvalue weighted by atomic mass is 16.5. The summed E-state index contributed by atoms with van der Waals surface area (Å²) in [6.07, 6.45) is 20.7. The average molecular weight is 395 g/mol. The highest BCUT2D eigenvalue weighted by molar-refractivity contribution is 5.69. The van der Waals surface area contributed by atoms with E-state index in [9.17, 15) is 9.59 Å². The van der Waals surface area contributed by atoms with E-state index in [2.05, 4.69) is 19.2 Å². The number of esters is 1. The van der Waals surface area contributed by atoms with Crippen LogP contribution < -0.4 is 0 Å². The van der Waals surface area contributed by atoms with Crippen LogP contribution in [0.25, 0.3) is 0 Å². The van der Waals surface area contributed by atoms with Gasteiger partial charge in [0.2, 0.25) is 0 Å². The Balaban J connectivity index is 0.000000445. The van der Waals surface area contributed by atoms with Crippen LogP contribution in [0.4, 0.5) is 0 Å². The number of rotatable bonds is 8. The van der Waals surface area contributed by atoms with Crippen molar-refractivity contribution in [1.82, 2.24) is 0 Å². The van der Waals surface area contributed by atoms with Crippen LogP contribution >= 0.6 is 0 Å². The predicted octanol–water partition coefficient (Wildman–Crippen LogP) is 6.70. The van der Waals surface area contributed by atoms with Gasteiger partial charge in [-0.15, -0.1) is 6.58 Å². The third-order valence-corrected chi connectivity index (χ3v) is 5.37. The number of hydrogen-bond acceptors (Lipinski definition) is 3. The van der Waals surface area contributed by atoms with E-state index in [1.54, 1.807) is 13.0 Å². The molecule has 4 heteroatoms. The standard InChI is InChI=1S/C12H20O2.C9H16.C3H6O2/c1-2-10-14-12(13)9-8-11-6-4-3-5-7-11;1-2-6-9-7-4-3-5-8-9;1-2-3(4)5/h2,11H,1,3-10H2;2,9H,1,3-8H2;2H2,1H3,(H,4,5). The molecule has 2 rings (SSSR count). The highest BCUT2D eigenvalue weighted by Crippen LogP contribution is 2.27. The van der Waals surface area contributed by atoms with Crippen LogP contribution in [0.2, 0.25) is 0 Å². The molecule has 1 N–H and O–H groups in total. The monoisotopic (exact) mass is 394 g/mol. The normalized spacial score (nSPS) is 17.2. The zero-order chi connectivity index (χ0) is 21.0. The van der Waals surface area contributed by atoms with E-state index in [1.165, 1.54) is 70.6 Å². The Hall–Kier alpha value is -1.58. The van der Waals surface area contributed by atoms with Crippen molar-refractivity contribution in [3.8, 4) is 0 Å². The SMILES string of the molecule is C=CCC1CCCCC1.C=CCOC(=O)CCC1CCCCC1.CCC(=O)O. The van der Waals surface area contributed by atoms with Crippen LogP contribution in [0, 0.1) is 11.8 Å². The quantitative estimate of drug-likeness (QED) is 0.367. The summed E-state index contributed by atoms with van der Waals surface area (Å²) < 4.78 is 4.93. The fourth-order valence-corrected chi connectivity index (χ4v) is 3.68. The van der Waals surface area contributed by atoms with Gasteiger partial charge in [-0.25, -0.2) is 0 Å². The molecule has 0 spiro atoms. The molecule has 0 radical (unpaired) electrons. The number of aliphatic carboxylic acids is 1. The van der Waals surface area contributed by atoms with Gasteiger partial charge in [-0.2, -0.15) is 0 Å². The number of carbonyl (C=O) groups excluding carboxylic acids is 1. The van der Waals surface area contributed by atoms with Gasteiger partial charge in [0.1, 0.15) is 6.61 Å². The van der Waals surface area contributed by atoms with Crippen molar-refractivity contribution < 1.29 is 19.4 Å². The molecule has 0 aromatic heterocycles. The maximum Gasteiger partial charge on any atom is 0.306 e. The van der Waals surface area contributed by atoms with Crippen LogP contribution in [0.5, 0.6) is 0 Å². The minimum Gasteiger partial charge on any atom is -0.481 e. The van der Waals surface area contributed by atoms with Crippen molar-refractivity contribution in [2.45, 2.75) is 96.8 Å². The number of carboxylic acid groups (broad SMARTS) is 1. The first kappa shape index (κ1) is 26.4. The fourth-order valence-electron chi connectivity index (χ4n) is 3.68. The second-order valence-electron chi connectivity index (χ2n) is 7.79. The van der Waals surface area contributed by atoms with Gasteiger partial charge in [0.15, 0.2) is 0 Å². The Kier molecular flexibility index (Phi) is 17.7. The molecule has 0 amide bonds. The van der Waals surface area contributed by atoms with Crippen LogP contribution in [0.15, 0.2) is 25.3 Å². The molecular formula is C24H42O4. The van der Waals surface area contributed by atoms with Crippen LogP contribution in [0.1, 0.15) is 96.8 Å². The third-order valence-electron chi connectivity index (χ3n) is 5.37. The van der Waals surface area contributed by atoms with Crippen molar-refractivity contribution in [2.75, 3.05) is 6.61 Å². The van der Waals surface area contributed by atoms with E-state index >= 15 is 0 Å². The van der Waals surface area contributed by atoms with E-state index in [0.29, 0.717) is 13.0 Å². The second kappa shape index (κ2) is 18.8. The molecule has 0 unspecified atom stereocenters. The average Bonchev–Trinajstić information content (AvgIpc) is 2.73. The number of allylic oxidation sites excluding steroid dienone is 1. The summed E-state index contributed by atoms with van der Waals surface area (Å²) in [5.41, 5.74) is 0. The Morgan fingerprint density at radius 3 is 1.86 bits per heavy atom. The van der Waals surface area contributed by atoms with E-state index in [-0.39, 0.29) is 12.4 Å². The van der Waals surface area contributed by atoms with E-state index in [4.69, 9.17) is 9.84 Å². The van der Waals surface area contributed by atoms with E-state index < -0.39 is 5.97 Å². The number of ether oxygens (including phenoxy) is 1. The van der Waals surface area contributed by atoms with Crippen molar-refractivity contribution >= 4 is 11.9 Å². The highest BCUT2D eigenvalue weighted by Gasteiger charge is 2.15. The zero-order valence-electron chi connectivity index (χ0n) is 18.0. The lowest BCUT2D eigenvalue weighted by molar-refractivity contribution is -0.142. The van der Waals surface area contributed by atoms with Gasteiger partial charge in [0.05, 0.1) is 0 Å². The molecule has 0 heterocycles. The first-order chi connectivity index (χ1) is 13.5. The molecule has 0 atom stereocenters. The zero-order valence-corrected chi connectivity index (χ0v) is 18.0. The lowest BCUT2D eigenvalue weighted by atomic mass is 9.86. The summed E-state index contributed by atoms with van der Waals surface area (Å²) in [7, 11) is 0. The van der Waals surface area contributed by atoms with Gasteiger partial charge in [0, 0.05) is 12.8 Å². The lowest BCUT2D eigenvalue weighted by Gasteiger charge is -2.20. The molecule has 0 bridgehead atoms. The lowest BCUT2D eigenvalue weighted by Crippen LogP contribution is -2.10. The molecule has 0 aromatic rings. The Labute approximate surface area is 172 Å². The number of carboxylic acids is 1. The molecule has 2 aliphatic carbocycles. The number of hydrogen-bond donors (Lipinski definition) is 1. The van der Waals surface area contributed by atoms with Gasteiger partial charge < -0.3 is 9.84 Å². The second-order valence-corrected chi connectivity index (χ2v) is 7.79. The smallest absolute Gasteiger partial charge is 0.306 e. The molecule has 2 saturated carbocycles.